The van der Waals surface area contributed by atoms with Gasteiger partial charge in [-0.2, -0.15) is 5.10 Å². The molecule has 0 saturated carbocycles. The summed E-state index contributed by atoms with van der Waals surface area (Å²) in [6, 6.07) is 21.0. The molecule has 0 saturated heterocycles. The van der Waals surface area contributed by atoms with Crippen molar-refractivity contribution in [3.05, 3.63) is 82.7 Å². The summed E-state index contributed by atoms with van der Waals surface area (Å²) in [7, 11) is 1.62. The highest BCUT2D eigenvalue weighted by molar-refractivity contribution is 7.12. The number of methoxy groups -OCH3 is 1. The van der Waals surface area contributed by atoms with E-state index in [-0.39, 0.29) is 18.4 Å². The van der Waals surface area contributed by atoms with Crippen LogP contribution in [0.4, 0.5) is 5.82 Å². The van der Waals surface area contributed by atoms with Crippen LogP contribution in [0, 0.1) is 6.92 Å². The topological polar surface area (TPSA) is 76.5 Å². The van der Waals surface area contributed by atoms with E-state index in [0.29, 0.717) is 17.2 Å². The lowest BCUT2D eigenvalue weighted by molar-refractivity contribution is -0.116. The van der Waals surface area contributed by atoms with Gasteiger partial charge >= 0.3 is 0 Å². The molecule has 1 N–H and O–H groups in total. The molecule has 0 aliphatic carbocycles. The van der Waals surface area contributed by atoms with Gasteiger partial charge in [-0.15, -0.1) is 11.3 Å². The molecule has 2 amide bonds. The van der Waals surface area contributed by atoms with E-state index in [4.69, 9.17) is 9.84 Å². The summed E-state index contributed by atoms with van der Waals surface area (Å²) >= 11 is 1.38. The Kier molecular flexibility index (Phi) is 8.17. The van der Waals surface area contributed by atoms with Crippen molar-refractivity contribution < 1.29 is 14.3 Å². The third-order valence-electron chi connectivity index (χ3n) is 5.83. The van der Waals surface area contributed by atoms with Crippen LogP contribution in [0.15, 0.2) is 72.1 Å². The molecular formula is C28H30N4O3S. The van der Waals surface area contributed by atoms with Crippen LogP contribution in [0.5, 0.6) is 5.75 Å². The Morgan fingerprint density at radius 1 is 1.06 bits per heavy atom. The number of anilines is 1. The predicted molar refractivity (Wildman–Crippen MR) is 144 cm³/mol. The van der Waals surface area contributed by atoms with Crippen LogP contribution in [-0.2, 0) is 4.79 Å². The average Bonchev–Trinajstić information content (AvgIpc) is 3.55. The van der Waals surface area contributed by atoms with Crippen LogP contribution < -0.4 is 10.1 Å². The highest BCUT2D eigenvalue weighted by Crippen LogP contribution is 2.33. The number of rotatable bonds is 10. The molecule has 7 nitrogen and oxygen atoms in total. The number of amides is 2. The first kappa shape index (κ1) is 25.2. The van der Waals surface area contributed by atoms with E-state index >= 15 is 0 Å². The molecule has 2 aromatic carbocycles. The SMILES string of the molecule is CCCCN(CC(=O)Nc1c(-c2ccccc2)c(C)nn1-c1ccc(OC)cc1)C(=O)c1cccs1. The van der Waals surface area contributed by atoms with Crippen LogP contribution in [-0.4, -0.2) is 46.7 Å². The molecule has 0 spiro atoms. The zero-order chi connectivity index (χ0) is 25.5. The number of hydrogen-bond acceptors (Lipinski definition) is 5. The number of nitrogens with zero attached hydrogens (tertiary/aromatic N) is 3. The van der Waals surface area contributed by atoms with Gasteiger partial charge in [0.2, 0.25) is 5.91 Å². The van der Waals surface area contributed by atoms with Crippen molar-refractivity contribution in [1.82, 2.24) is 14.7 Å². The lowest BCUT2D eigenvalue weighted by atomic mass is 10.1. The molecule has 186 valence electrons. The monoisotopic (exact) mass is 502 g/mol. The molecule has 0 bridgehead atoms. The van der Waals surface area contributed by atoms with Gasteiger partial charge in [-0.1, -0.05) is 49.7 Å². The van der Waals surface area contributed by atoms with Crippen molar-refractivity contribution in [2.75, 3.05) is 25.5 Å². The third kappa shape index (κ3) is 5.66. The van der Waals surface area contributed by atoms with Crippen LogP contribution >= 0.6 is 11.3 Å². The molecule has 0 atom stereocenters. The Morgan fingerprint density at radius 2 is 1.81 bits per heavy atom. The minimum Gasteiger partial charge on any atom is -0.497 e. The van der Waals surface area contributed by atoms with Gasteiger partial charge in [-0.3, -0.25) is 9.59 Å². The van der Waals surface area contributed by atoms with Gasteiger partial charge < -0.3 is 15.0 Å². The van der Waals surface area contributed by atoms with Gasteiger partial charge in [0.15, 0.2) is 0 Å². The summed E-state index contributed by atoms with van der Waals surface area (Å²) in [5, 5.41) is 9.69. The minimum absolute atomic E-state index is 0.0438. The fourth-order valence-electron chi connectivity index (χ4n) is 4.01. The maximum Gasteiger partial charge on any atom is 0.264 e. The van der Waals surface area contributed by atoms with Crippen LogP contribution in [0.1, 0.15) is 35.1 Å². The number of unbranched alkanes of at least 4 members (excludes halogenated alkanes) is 1. The molecule has 2 heterocycles. The molecule has 8 heteroatoms. The number of aryl methyl sites for hydroxylation is 1. The van der Waals surface area contributed by atoms with E-state index in [1.165, 1.54) is 11.3 Å². The zero-order valence-electron chi connectivity index (χ0n) is 20.7. The van der Waals surface area contributed by atoms with Gasteiger partial charge in [-0.25, -0.2) is 4.68 Å². The van der Waals surface area contributed by atoms with Crippen LogP contribution in [0.2, 0.25) is 0 Å². The Balaban J connectivity index is 1.67. The Bertz CT molecular complexity index is 1300. The van der Waals surface area contributed by atoms with Crippen LogP contribution in [0.3, 0.4) is 0 Å². The Hall–Kier alpha value is -3.91. The second-order valence-electron chi connectivity index (χ2n) is 8.39. The van der Waals surface area contributed by atoms with Gasteiger partial charge in [-0.05, 0) is 54.6 Å². The summed E-state index contributed by atoms with van der Waals surface area (Å²) in [5.74, 6) is 0.891. The molecular weight excluding hydrogens is 472 g/mol. The number of carbonyl (C=O) groups is 2. The quantitative estimate of drug-likeness (QED) is 0.297. The standard InChI is InChI=1S/C28H30N4O3S/c1-4-5-17-31(28(34)24-12-9-18-36-24)19-25(33)29-27-26(21-10-7-6-8-11-21)20(2)30-32(27)22-13-15-23(35-3)16-14-22/h6-16,18H,4-5,17,19H2,1-3H3,(H,29,33). The maximum absolute atomic E-state index is 13.4. The summed E-state index contributed by atoms with van der Waals surface area (Å²) < 4.78 is 7.02. The normalized spacial score (nSPS) is 10.8. The van der Waals surface area contributed by atoms with Crippen molar-refractivity contribution in [3.63, 3.8) is 0 Å². The second kappa shape index (κ2) is 11.7. The van der Waals surface area contributed by atoms with E-state index < -0.39 is 0 Å². The Morgan fingerprint density at radius 3 is 2.44 bits per heavy atom. The molecule has 36 heavy (non-hydrogen) atoms. The maximum atomic E-state index is 13.4. The highest BCUT2D eigenvalue weighted by Gasteiger charge is 2.23. The predicted octanol–water partition coefficient (Wildman–Crippen LogP) is 5.80. The molecule has 0 aliphatic rings. The molecule has 0 radical (unpaired) electrons. The van der Waals surface area contributed by atoms with Gasteiger partial charge in [0, 0.05) is 12.1 Å². The van der Waals surface area contributed by atoms with Gasteiger partial charge in [0.05, 0.1) is 23.4 Å². The number of benzene rings is 2. The van der Waals surface area contributed by atoms with Crippen molar-refractivity contribution in [3.8, 4) is 22.6 Å². The molecule has 0 fully saturated rings. The van der Waals surface area contributed by atoms with E-state index in [9.17, 15) is 9.59 Å². The van der Waals surface area contributed by atoms with Crippen LogP contribution in [0.25, 0.3) is 16.8 Å². The minimum atomic E-state index is -0.275. The number of carbonyl (C=O) groups excluding carboxylic acids is 2. The van der Waals surface area contributed by atoms with Gasteiger partial charge in [0.25, 0.3) is 5.91 Å². The summed E-state index contributed by atoms with van der Waals surface area (Å²) in [5.41, 5.74) is 3.35. The first-order valence-corrected chi connectivity index (χ1v) is 12.8. The summed E-state index contributed by atoms with van der Waals surface area (Å²) in [4.78, 5) is 28.7. The molecule has 0 aliphatic heterocycles. The average molecular weight is 503 g/mol. The van der Waals surface area contributed by atoms with E-state index in [2.05, 4.69) is 12.2 Å². The van der Waals surface area contributed by atoms with Crippen molar-refractivity contribution >= 4 is 29.0 Å². The number of thiophene rings is 1. The number of ether oxygens (including phenoxy) is 1. The third-order valence-corrected chi connectivity index (χ3v) is 6.69. The number of aromatic nitrogens is 2. The highest BCUT2D eigenvalue weighted by atomic mass is 32.1. The zero-order valence-corrected chi connectivity index (χ0v) is 21.5. The summed E-state index contributed by atoms with van der Waals surface area (Å²) in [6.07, 6.45) is 1.75. The summed E-state index contributed by atoms with van der Waals surface area (Å²) in [6.45, 7) is 4.46. The van der Waals surface area contributed by atoms with E-state index in [1.807, 2.05) is 73.0 Å². The first-order valence-electron chi connectivity index (χ1n) is 11.9. The van der Waals surface area contributed by atoms with Crippen molar-refractivity contribution in [2.24, 2.45) is 0 Å². The Labute approximate surface area is 215 Å². The van der Waals surface area contributed by atoms with E-state index in [0.717, 1.165) is 41.1 Å². The van der Waals surface area contributed by atoms with E-state index in [1.54, 1.807) is 22.8 Å². The first-order chi connectivity index (χ1) is 17.5. The molecule has 2 aromatic heterocycles. The van der Waals surface area contributed by atoms with Gasteiger partial charge in [0.1, 0.15) is 18.1 Å². The molecule has 0 unspecified atom stereocenters. The molecule has 4 rings (SSSR count). The number of hydrogen-bond donors (Lipinski definition) is 1. The lowest BCUT2D eigenvalue weighted by Crippen LogP contribution is -2.38. The molecule has 4 aromatic rings. The number of nitrogens with one attached hydrogen (secondary N) is 1. The smallest absolute Gasteiger partial charge is 0.264 e. The van der Waals surface area contributed by atoms with Crippen molar-refractivity contribution in [1.29, 1.82) is 0 Å². The second-order valence-corrected chi connectivity index (χ2v) is 9.34. The lowest BCUT2D eigenvalue weighted by Gasteiger charge is -2.22. The van der Waals surface area contributed by atoms with Crippen molar-refractivity contribution in [2.45, 2.75) is 26.7 Å². The largest absolute Gasteiger partial charge is 0.497 e. The fraction of sp³-hybridized carbons (Fsp3) is 0.250. The fourth-order valence-corrected chi connectivity index (χ4v) is 4.70.